The highest BCUT2D eigenvalue weighted by molar-refractivity contribution is 5.82. The highest BCUT2D eigenvalue weighted by Gasteiger charge is 2.09. The molecule has 0 amide bonds. The third-order valence-electron chi connectivity index (χ3n) is 2.59. The van der Waals surface area contributed by atoms with Gasteiger partial charge in [0, 0.05) is 11.5 Å². The quantitative estimate of drug-likeness (QED) is 0.713. The predicted molar refractivity (Wildman–Crippen MR) is 66.3 cm³/mol. The van der Waals surface area contributed by atoms with Crippen LogP contribution in [0.3, 0.4) is 0 Å². The van der Waals surface area contributed by atoms with Crippen LogP contribution < -0.4 is 5.73 Å². The number of furan rings is 1. The van der Waals surface area contributed by atoms with Crippen LogP contribution in [0.15, 0.2) is 34.7 Å². The number of nitrogens with two attached hydrogens (primary N) is 1. The normalized spacial score (nSPS) is 11.0. The Balaban J connectivity index is 2.19. The number of rotatable bonds is 1. The summed E-state index contributed by atoms with van der Waals surface area (Å²) in [5, 5.41) is 0.694. The highest BCUT2D eigenvalue weighted by atomic mass is 19.1. The molecule has 0 bridgehead atoms. The van der Waals surface area contributed by atoms with E-state index in [1.54, 1.807) is 25.1 Å². The van der Waals surface area contributed by atoms with Crippen molar-refractivity contribution in [3.63, 3.8) is 0 Å². The lowest BCUT2D eigenvalue weighted by atomic mass is 10.2. The summed E-state index contributed by atoms with van der Waals surface area (Å²) in [6.45, 7) is 1.75. The Morgan fingerprint density at radius 3 is 2.78 bits per heavy atom. The second kappa shape index (κ2) is 3.80. The zero-order valence-electron chi connectivity index (χ0n) is 9.64. The van der Waals surface area contributed by atoms with Crippen LogP contribution in [0.1, 0.15) is 5.82 Å². The van der Waals surface area contributed by atoms with E-state index in [-0.39, 0.29) is 5.82 Å². The molecule has 3 rings (SSSR count). The fourth-order valence-electron chi connectivity index (χ4n) is 1.86. The third kappa shape index (κ3) is 1.79. The Labute approximate surface area is 102 Å². The smallest absolute Gasteiger partial charge is 0.154 e. The summed E-state index contributed by atoms with van der Waals surface area (Å²) in [5.41, 5.74) is 6.87. The summed E-state index contributed by atoms with van der Waals surface area (Å²) in [6.07, 6.45) is 0. The summed E-state index contributed by atoms with van der Waals surface area (Å²) in [4.78, 5) is 8.24. The standard InChI is InChI=1S/C13H10FN3O/c1-7-16-10(6-13(15)17-7)12-5-8-4-9(14)2-3-11(8)18-12/h2-6H,1H3,(H2,15,16,17). The van der Waals surface area contributed by atoms with Gasteiger partial charge < -0.3 is 10.2 Å². The van der Waals surface area contributed by atoms with E-state index in [0.717, 1.165) is 0 Å². The molecule has 2 aromatic heterocycles. The zero-order chi connectivity index (χ0) is 12.7. The maximum atomic E-state index is 13.1. The van der Waals surface area contributed by atoms with Gasteiger partial charge in [-0.2, -0.15) is 0 Å². The van der Waals surface area contributed by atoms with E-state index in [1.165, 1.54) is 12.1 Å². The molecule has 0 saturated carbocycles. The van der Waals surface area contributed by atoms with Crippen molar-refractivity contribution in [3.8, 4) is 11.5 Å². The minimum atomic E-state index is -0.298. The first kappa shape index (κ1) is 10.7. The molecular weight excluding hydrogens is 233 g/mol. The molecule has 0 radical (unpaired) electrons. The molecule has 1 aromatic carbocycles. The maximum Gasteiger partial charge on any atom is 0.154 e. The lowest BCUT2D eigenvalue weighted by Crippen LogP contribution is -1.96. The number of hydrogen-bond acceptors (Lipinski definition) is 4. The van der Waals surface area contributed by atoms with Crippen LogP contribution in [0, 0.1) is 12.7 Å². The Morgan fingerprint density at radius 1 is 1.17 bits per heavy atom. The molecule has 0 saturated heterocycles. The van der Waals surface area contributed by atoms with E-state index in [9.17, 15) is 4.39 Å². The lowest BCUT2D eigenvalue weighted by molar-refractivity contribution is 0.617. The molecular formula is C13H10FN3O. The minimum Gasteiger partial charge on any atom is -0.454 e. The molecule has 2 N–H and O–H groups in total. The summed E-state index contributed by atoms with van der Waals surface area (Å²) < 4.78 is 18.7. The van der Waals surface area contributed by atoms with E-state index in [1.807, 2.05) is 0 Å². The van der Waals surface area contributed by atoms with Gasteiger partial charge in [0.15, 0.2) is 5.76 Å². The first-order valence-electron chi connectivity index (χ1n) is 5.42. The van der Waals surface area contributed by atoms with Crippen molar-refractivity contribution in [1.29, 1.82) is 0 Å². The molecule has 4 nitrogen and oxygen atoms in total. The molecule has 18 heavy (non-hydrogen) atoms. The molecule has 0 atom stereocenters. The van der Waals surface area contributed by atoms with Crippen LogP contribution in [0.4, 0.5) is 10.2 Å². The molecule has 0 unspecified atom stereocenters. The van der Waals surface area contributed by atoms with Crippen molar-refractivity contribution in [2.24, 2.45) is 0 Å². The number of nitrogen functional groups attached to an aromatic ring is 1. The van der Waals surface area contributed by atoms with Gasteiger partial charge >= 0.3 is 0 Å². The van der Waals surface area contributed by atoms with Crippen molar-refractivity contribution in [1.82, 2.24) is 9.97 Å². The van der Waals surface area contributed by atoms with Crippen LogP contribution in [0.2, 0.25) is 0 Å². The van der Waals surface area contributed by atoms with Crippen molar-refractivity contribution in [3.05, 3.63) is 42.0 Å². The summed E-state index contributed by atoms with van der Waals surface area (Å²) >= 11 is 0. The molecule has 0 spiro atoms. The van der Waals surface area contributed by atoms with Crippen LogP contribution >= 0.6 is 0 Å². The average Bonchev–Trinajstić information content (AvgIpc) is 2.70. The topological polar surface area (TPSA) is 64.9 Å². The molecule has 0 fully saturated rings. The number of nitrogens with zero attached hydrogens (tertiary/aromatic N) is 2. The maximum absolute atomic E-state index is 13.1. The first-order chi connectivity index (χ1) is 8.61. The minimum absolute atomic E-state index is 0.298. The summed E-state index contributed by atoms with van der Waals surface area (Å²) in [6, 6.07) is 7.72. The Morgan fingerprint density at radius 2 is 2.00 bits per heavy atom. The van der Waals surface area contributed by atoms with Crippen molar-refractivity contribution in [2.75, 3.05) is 5.73 Å². The van der Waals surface area contributed by atoms with Crippen LogP contribution in [-0.4, -0.2) is 9.97 Å². The molecule has 0 aliphatic rings. The second-order valence-electron chi connectivity index (χ2n) is 4.02. The Bertz CT molecular complexity index is 716. The molecule has 0 aliphatic carbocycles. The highest BCUT2D eigenvalue weighted by Crippen LogP contribution is 2.27. The fraction of sp³-hybridized carbons (Fsp3) is 0.0769. The molecule has 5 heteroatoms. The Kier molecular flexibility index (Phi) is 2.26. The van der Waals surface area contributed by atoms with Crippen molar-refractivity contribution >= 4 is 16.8 Å². The number of fused-ring (bicyclic) bond motifs is 1. The van der Waals surface area contributed by atoms with Gasteiger partial charge in [0.05, 0.1) is 0 Å². The number of aryl methyl sites for hydroxylation is 1. The Hall–Kier alpha value is -2.43. The van der Waals surface area contributed by atoms with Gasteiger partial charge in [-0.15, -0.1) is 0 Å². The number of hydrogen-bond donors (Lipinski definition) is 1. The SMILES string of the molecule is Cc1nc(N)cc(-c2cc3cc(F)ccc3o2)n1. The van der Waals surface area contributed by atoms with E-state index in [0.29, 0.717) is 34.1 Å². The van der Waals surface area contributed by atoms with Gasteiger partial charge in [-0.05, 0) is 31.2 Å². The van der Waals surface area contributed by atoms with E-state index < -0.39 is 0 Å². The second-order valence-corrected chi connectivity index (χ2v) is 4.02. The van der Waals surface area contributed by atoms with E-state index in [2.05, 4.69) is 9.97 Å². The van der Waals surface area contributed by atoms with Gasteiger partial charge in [0.2, 0.25) is 0 Å². The number of halogens is 1. The van der Waals surface area contributed by atoms with Crippen molar-refractivity contribution in [2.45, 2.75) is 6.92 Å². The first-order valence-corrected chi connectivity index (χ1v) is 5.42. The molecule has 2 heterocycles. The molecule has 90 valence electrons. The number of aromatic nitrogens is 2. The fourth-order valence-corrected chi connectivity index (χ4v) is 1.86. The predicted octanol–water partition coefficient (Wildman–Crippen LogP) is 2.92. The van der Waals surface area contributed by atoms with Crippen molar-refractivity contribution < 1.29 is 8.81 Å². The summed E-state index contributed by atoms with van der Waals surface area (Å²) in [5.74, 6) is 1.20. The zero-order valence-corrected chi connectivity index (χ0v) is 9.64. The molecule has 0 aliphatic heterocycles. The van der Waals surface area contributed by atoms with Gasteiger partial charge in [-0.25, -0.2) is 14.4 Å². The van der Waals surface area contributed by atoms with Gasteiger partial charge in [-0.1, -0.05) is 0 Å². The lowest BCUT2D eigenvalue weighted by Gasteiger charge is -1.99. The van der Waals surface area contributed by atoms with E-state index >= 15 is 0 Å². The average molecular weight is 243 g/mol. The summed E-state index contributed by atoms with van der Waals surface area (Å²) in [7, 11) is 0. The van der Waals surface area contributed by atoms with Gasteiger partial charge in [0.25, 0.3) is 0 Å². The van der Waals surface area contributed by atoms with Crippen LogP contribution in [0.25, 0.3) is 22.4 Å². The van der Waals surface area contributed by atoms with Crippen LogP contribution in [-0.2, 0) is 0 Å². The van der Waals surface area contributed by atoms with E-state index in [4.69, 9.17) is 10.2 Å². The third-order valence-corrected chi connectivity index (χ3v) is 2.59. The molecule has 3 aromatic rings. The van der Waals surface area contributed by atoms with Crippen LogP contribution in [0.5, 0.6) is 0 Å². The van der Waals surface area contributed by atoms with Gasteiger partial charge in [0.1, 0.15) is 28.7 Å². The van der Waals surface area contributed by atoms with Gasteiger partial charge in [-0.3, -0.25) is 0 Å². The number of anilines is 1. The largest absolute Gasteiger partial charge is 0.454 e. The monoisotopic (exact) mass is 243 g/mol. The number of benzene rings is 1.